The molecular weight excluding hydrogens is 267 g/mol. The average Bonchev–Trinajstić information content (AvgIpc) is 3.04. The highest BCUT2D eigenvalue weighted by Crippen LogP contribution is 2.47. The van der Waals surface area contributed by atoms with Gasteiger partial charge in [-0.3, -0.25) is 0 Å². The third-order valence-corrected chi connectivity index (χ3v) is 4.21. The third-order valence-electron chi connectivity index (χ3n) is 3.78. The first-order chi connectivity index (χ1) is 8.74. The van der Waals surface area contributed by atoms with Crippen molar-refractivity contribution in [3.63, 3.8) is 0 Å². The zero-order valence-corrected chi connectivity index (χ0v) is 11.9. The summed E-state index contributed by atoms with van der Waals surface area (Å²) in [5.74, 6) is 2.51. The van der Waals surface area contributed by atoms with Gasteiger partial charge in [0.05, 0.1) is 11.0 Å². The lowest BCUT2D eigenvalue weighted by Gasteiger charge is -2.07. The Labute approximate surface area is 117 Å². The first kappa shape index (κ1) is 12.3. The number of rotatable bonds is 4. The molecule has 0 bridgehead atoms. The van der Waals surface area contributed by atoms with Crippen LogP contribution in [0.3, 0.4) is 0 Å². The molecular formula is C14H16Cl2N2. The van der Waals surface area contributed by atoms with Crippen molar-refractivity contribution in [3.8, 4) is 0 Å². The fourth-order valence-corrected chi connectivity index (χ4v) is 3.07. The molecule has 1 aliphatic rings. The molecule has 0 N–H and O–H groups in total. The fourth-order valence-electron chi connectivity index (χ4n) is 2.74. The maximum atomic E-state index is 6.03. The molecule has 2 atom stereocenters. The van der Waals surface area contributed by atoms with Crippen LogP contribution in [-0.4, -0.2) is 15.4 Å². The SMILES string of the molecule is CCC1CC1n1c(CCCl)nc2cc(Cl)ccc21. The summed E-state index contributed by atoms with van der Waals surface area (Å²) in [6.07, 6.45) is 3.32. The smallest absolute Gasteiger partial charge is 0.111 e. The third kappa shape index (κ3) is 2.02. The van der Waals surface area contributed by atoms with E-state index in [4.69, 9.17) is 23.2 Å². The summed E-state index contributed by atoms with van der Waals surface area (Å²) in [4.78, 5) is 4.69. The second-order valence-electron chi connectivity index (χ2n) is 4.94. The minimum absolute atomic E-state index is 0.611. The van der Waals surface area contributed by atoms with E-state index in [-0.39, 0.29) is 0 Å². The van der Waals surface area contributed by atoms with Crippen molar-refractivity contribution >= 4 is 34.2 Å². The number of imidazole rings is 1. The zero-order chi connectivity index (χ0) is 12.7. The molecule has 2 nitrogen and oxygen atoms in total. The van der Waals surface area contributed by atoms with Crippen LogP contribution in [-0.2, 0) is 6.42 Å². The highest BCUT2D eigenvalue weighted by molar-refractivity contribution is 6.31. The van der Waals surface area contributed by atoms with Crippen LogP contribution in [0.25, 0.3) is 11.0 Å². The molecule has 2 aromatic rings. The van der Waals surface area contributed by atoms with Crippen molar-refractivity contribution in [2.24, 2.45) is 5.92 Å². The number of aromatic nitrogens is 2. The predicted molar refractivity (Wildman–Crippen MR) is 76.6 cm³/mol. The summed E-state index contributed by atoms with van der Waals surface area (Å²) in [6, 6.07) is 6.57. The minimum atomic E-state index is 0.611. The molecule has 0 saturated heterocycles. The lowest BCUT2D eigenvalue weighted by Crippen LogP contribution is -2.03. The topological polar surface area (TPSA) is 17.8 Å². The fraction of sp³-hybridized carbons (Fsp3) is 0.500. The van der Waals surface area contributed by atoms with Gasteiger partial charge in [-0.05, 0) is 30.5 Å². The summed E-state index contributed by atoms with van der Waals surface area (Å²) < 4.78 is 2.38. The summed E-state index contributed by atoms with van der Waals surface area (Å²) in [7, 11) is 0. The lowest BCUT2D eigenvalue weighted by molar-refractivity contribution is 0.629. The first-order valence-corrected chi connectivity index (χ1v) is 7.38. The van der Waals surface area contributed by atoms with Crippen LogP contribution < -0.4 is 0 Å². The van der Waals surface area contributed by atoms with E-state index in [1.807, 2.05) is 12.1 Å². The molecule has 0 radical (unpaired) electrons. The van der Waals surface area contributed by atoms with E-state index in [2.05, 4.69) is 22.5 Å². The number of nitrogens with zero attached hydrogens (tertiary/aromatic N) is 2. The molecule has 1 heterocycles. The van der Waals surface area contributed by atoms with E-state index in [0.29, 0.717) is 11.9 Å². The van der Waals surface area contributed by atoms with E-state index in [1.165, 1.54) is 18.4 Å². The molecule has 0 spiro atoms. The monoisotopic (exact) mass is 282 g/mol. The molecule has 96 valence electrons. The first-order valence-electron chi connectivity index (χ1n) is 6.47. The van der Waals surface area contributed by atoms with Gasteiger partial charge in [-0.1, -0.05) is 24.9 Å². The second kappa shape index (κ2) is 4.75. The molecule has 1 saturated carbocycles. The van der Waals surface area contributed by atoms with Crippen molar-refractivity contribution in [1.82, 2.24) is 9.55 Å². The maximum absolute atomic E-state index is 6.03. The number of hydrogen-bond acceptors (Lipinski definition) is 1. The van der Waals surface area contributed by atoms with Gasteiger partial charge in [0, 0.05) is 23.4 Å². The Hall–Kier alpha value is -0.730. The van der Waals surface area contributed by atoms with Gasteiger partial charge < -0.3 is 4.57 Å². The Kier molecular flexibility index (Phi) is 3.25. The van der Waals surface area contributed by atoms with Crippen molar-refractivity contribution in [2.45, 2.75) is 32.2 Å². The van der Waals surface area contributed by atoms with E-state index in [9.17, 15) is 0 Å². The van der Waals surface area contributed by atoms with Crippen molar-refractivity contribution in [1.29, 1.82) is 0 Å². The van der Waals surface area contributed by atoms with E-state index in [1.54, 1.807) is 0 Å². The molecule has 3 rings (SSSR count). The number of alkyl halides is 1. The number of halogens is 2. The van der Waals surface area contributed by atoms with Crippen LogP contribution in [0.2, 0.25) is 5.02 Å². The average molecular weight is 283 g/mol. The molecule has 18 heavy (non-hydrogen) atoms. The molecule has 1 aromatic carbocycles. The van der Waals surface area contributed by atoms with Gasteiger partial charge in [0.25, 0.3) is 0 Å². The van der Waals surface area contributed by atoms with Gasteiger partial charge in [0.1, 0.15) is 5.82 Å². The van der Waals surface area contributed by atoms with Crippen molar-refractivity contribution in [2.75, 3.05) is 5.88 Å². The van der Waals surface area contributed by atoms with Gasteiger partial charge in [-0.25, -0.2) is 4.98 Å². The Bertz CT molecular complexity index is 576. The minimum Gasteiger partial charge on any atom is -0.325 e. The van der Waals surface area contributed by atoms with Gasteiger partial charge in [-0.2, -0.15) is 0 Å². The van der Waals surface area contributed by atoms with Crippen LogP contribution in [0.1, 0.15) is 31.6 Å². The molecule has 1 aromatic heterocycles. The van der Waals surface area contributed by atoms with E-state index >= 15 is 0 Å². The summed E-state index contributed by atoms with van der Waals surface area (Å²) in [5.41, 5.74) is 2.19. The summed E-state index contributed by atoms with van der Waals surface area (Å²) in [5, 5.41) is 0.743. The zero-order valence-electron chi connectivity index (χ0n) is 10.4. The van der Waals surface area contributed by atoms with Crippen LogP contribution >= 0.6 is 23.2 Å². The number of aryl methyl sites for hydroxylation is 1. The van der Waals surface area contributed by atoms with Crippen molar-refractivity contribution < 1.29 is 0 Å². The van der Waals surface area contributed by atoms with Crippen LogP contribution in [0.4, 0.5) is 0 Å². The quantitative estimate of drug-likeness (QED) is 0.758. The standard InChI is InChI=1S/C14H16Cl2N2/c1-2-9-7-13(9)18-12-4-3-10(16)8-11(12)17-14(18)5-6-15/h3-4,8-9,13H,2,5-7H2,1H3. The van der Waals surface area contributed by atoms with Gasteiger partial charge in [-0.15, -0.1) is 11.6 Å². The van der Waals surface area contributed by atoms with Crippen LogP contribution in [0.5, 0.6) is 0 Å². The molecule has 2 unspecified atom stereocenters. The van der Waals surface area contributed by atoms with Crippen molar-refractivity contribution in [3.05, 3.63) is 29.0 Å². The number of benzene rings is 1. The molecule has 0 aliphatic heterocycles. The van der Waals surface area contributed by atoms with Gasteiger partial charge >= 0.3 is 0 Å². The second-order valence-corrected chi connectivity index (χ2v) is 5.76. The number of hydrogen-bond donors (Lipinski definition) is 0. The van der Waals surface area contributed by atoms with Crippen LogP contribution in [0.15, 0.2) is 18.2 Å². The van der Waals surface area contributed by atoms with Gasteiger partial charge in [0.15, 0.2) is 0 Å². The normalized spacial score (nSPS) is 22.6. The van der Waals surface area contributed by atoms with Gasteiger partial charge in [0.2, 0.25) is 0 Å². The van der Waals surface area contributed by atoms with E-state index in [0.717, 1.165) is 28.7 Å². The molecule has 1 fully saturated rings. The predicted octanol–water partition coefficient (Wildman–Crippen LogP) is 4.44. The largest absolute Gasteiger partial charge is 0.325 e. The van der Waals surface area contributed by atoms with Crippen LogP contribution in [0, 0.1) is 5.92 Å². The summed E-state index contributed by atoms with van der Waals surface area (Å²) >= 11 is 11.9. The molecule has 0 amide bonds. The number of fused-ring (bicyclic) bond motifs is 1. The summed E-state index contributed by atoms with van der Waals surface area (Å²) in [6.45, 7) is 2.25. The highest BCUT2D eigenvalue weighted by Gasteiger charge is 2.38. The van der Waals surface area contributed by atoms with E-state index < -0.39 is 0 Å². The Balaban J connectivity index is 2.10. The lowest BCUT2D eigenvalue weighted by atomic mass is 10.3. The Morgan fingerprint density at radius 1 is 1.44 bits per heavy atom. The molecule has 4 heteroatoms. The maximum Gasteiger partial charge on any atom is 0.111 e. The Morgan fingerprint density at radius 3 is 2.94 bits per heavy atom. The molecule has 1 aliphatic carbocycles. The highest BCUT2D eigenvalue weighted by atomic mass is 35.5. The Morgan fingerprint density at radius 2 is 2.28 bits per heavy atom.